The van der Waals surface area contributed by atoms with Crippen LogP contribution in [0.4, 0.5) is 0 Å². The first-order valence-corrected chi connectivity index (χ1v) is 11.1. The smallest absolute Gasteiger partial charge is 0.274 e. The lowest BCUT2D eigenvalue weighted by Crippen LogP contribution is -2.39. The fraction of sp³-hybridized carbons (Fsp3) is 0.522. The molecule has 3 atom stereocenters. The van der Waals surface area contributed by atoms with Crippen LogP contribution in [0.5, 0.6) is 0 Å². The SMILES string of the molecule is Cc1cc2c(cc1C(=O)N1C[C@H]3CC[C@@H]1[C@@H]3O)[nH]c(=O)c1cnc(C3CCOCC3)n12. The summed E-state index contributed by atoms with van der Waals surface area (Å²) in [7, 11) is 0. The molecule has 1 aliphatic carbocycles. The van der Waals surface area contributed by atoms with E-state index >= 15 is 0 Å². The molecule has 1 amide bonds. The Morgan fingerprint density at radius 1 is 1.19 bits per heavy atom. The number of carbonyl (C=O) groups is 1. The number of nitrogens with zero attached hydrogens (tertiary/aromatic N) is 3. The van der Waals surface area contributed by atoms with Crippen LogP contribution in [0.3, 0.4) is 0 Å². The van der Waals surface area contributed by atoms with Gasteiger partial charge in [0.15, 0.2) is 0 Å². The predicted molar refractivity (Wildman–Crippen MR) is 114 cm³/mol. The lowest BCUT2D eigenvalue weighted by atomic mass is 9.99. The van der Waals surface area contributed by atoms with Gasteiger partial charge < -0.3 is 19.7 Å². The standard InChI is InChI=1S/C23H26N4O4/c1-12-8-18-16(9-15(12)23(30)26-11-14-2-3-17(26)20(14)28)25-22(29)19-10-24-21(27(18)19)13-4-6-31-7-5-13/h8-10,13-14,17,20,28H,2-7,11H2,1H3,(H,25,29)/t14-,17-,20-/m1/s1. The Labute approximate surface area is 178 Å². The molecule has 1 saturated carbocycles. The van der Waals surface area contributed by atoms with Gasteiger partial charge in [-0.1, -0.05) is 0 Å². The van der Waals surface area contributed by atoms with Crippen molar-refractivity contribution in [3.05, 3.63) is 45.6 Å². The molecule has 2 bridgehead atoms. The molecule has 0 unspecified atom stereocenters. The van der Waals surface area contributed by atoms with Crippen molar-refractivity contribution in [3.8, 4) is 0 Å². The molecule has 1 aromatic carbocycles. The maximum absolute atomic E-state index is 13.3. The van der Waals surface area contributed by atoms with Crippen molar-refractivity contribution in [2.24, 2.45) is 5.92 Å². The number of fused-ring (bicyclic) bond motifs is 5. The maximum Gasteiger partial charge on any atom is 0.274 e. The number of amides is 1. The number of hydrogen-bond donors (Lipinski definition) is 2. The van der Waals surface area contributed by atoms with E-state index in [1.165, 1.54) is 0 Å². The number of piperidine rings is 1. The van der Waals surface area contributed by atoms with Gasteiger partial charge in [-0.2, -0.15) is 0 Å². The molecule has 2 aromatic heterocycles. The summed E-state index contributed by atoms with van der Waals surface area (Å²) in [5, 5.41) is 10.4. The van der Waals surface area contributed by atoms with Gasteiger partial charge in [-0.3, -0.25) is 14.0 Å². The molecule has 31 heavy (non-hydrogen) atoms. The number of rotatable bonds is 2. The normalized spacial score (nSPS) is 26.4. The lowest BCUT2D eigenvalue weighted by molar-refractivity contribution is 0.0649. The van der Waals surface area contributed by atoms with E-state index in [2.05, 4.69) is 9.97 Å². The quantitative estimate of drug-likeness (QED) is 0.658. The van der Waals surface area contributed by atoms with E-state index in [9.17, 15) is 14.7 Å². The molecule has 6 rings (SSSR count). The molecule has 3 fully saturated rings. The fourth-order valence-corrected chi connectivity index (χ4v) is 5.77. The average molecular weight is 422 g/mol. The largest absolute Gasteiger partial charge is 0.391 e. The van der Waals surface area contributed by atoms with E-state index in [0.29, 0.717) is 36.4 Å². The van der Waals surface area contributed by atoms with Crippen molar-refractivity contribution in [2.45, 2.75) is 50.7 Å². The number of H-pyrrole nitrogens is 1. The number of carbonyl (C=O) groups excluding carboxylic acids is 1. The average Bonchev–Trinajstić information content (AvgIpc) is 3.47. The lowest BCUT2D eigenvalue weighted by Gasteiger charge is -2.27. The summed E-state index contributed by atoms with van der Waals surface area (Å²) in [5.74, 6) is 1.24. The van der Waals surface area contributed by atoms with Crippen molar-refractivity contribution < 1.29 is 14.6 Å². The van der Waals surface area contributed by atoms with Crippen molar-refractivity contribution in [1.29, 1.82) is 0 Å². The molecule has 8 heteroatoms. The van der Waals surface area contributed by atoms with Crippen LogP contribution in [0.2, 0.25) is 0 Å². The third-order valence-electron chi connectivity index (χ3n) is 7.47. The highest BCUT2D eigenvalue weighted by Gasteiger charge is 2.48. The maximum atomic E-state index is 13.3. The third kappa shape index (κ3) is 2.78. The summed E-state index contributed by atoms with van der Waals surface area (Å²) in [6.07, 6.45) is 4.81. The number of nitrogens with one attached hydrogen (secondary N) is 1. The second kappa shape index (κ2) is 6.90. The molecule has 3 aliphatic rings. The number of aromatic amines is 1. The molecule has 4 heterocycles. The van der Waals surface area contributed by atoms with E-state index < -0.39 is 6.10 Å². The van der Waals surface area contributed by atoms with Crippen molar-refractivity contribution in [3.63, 3.8) is 0 Å². The van der Waals surface area contributed by atoms with Gasteiger partial charge in [0.2, 0.25) is 0 Å². The number of aryl methyl sites for hydroxylation is 1. The van der Waals surface area contributed by atoms with E-state index in [4.69, 9.17) is 4.74 Å². The van der Waals surface area contributed by atoms with Crippen LogP contribution >= 0.6 is 0 Å². The Morgan fingerprint density at radius 2 is 2.00 bits per heavy atom. The molecule has 2 saturated heterocycles. The summed E-state index contributed by atoms with van der Waals surface area (Å²) in [5.41, 5.74) is 3.22. The van der Waals surface area contributed by atoms with Crippen LogP contribution in [-0.2, 0) is 4.74 Å². The van der Waals surface area contributed by atoms with Gasteiger partial charge in [-0.25, -0.2) is 4.98 Å². The van der Waals surface area contributed by atoms with Crippen LogP contribution in [0.15, 0.2) is 23.1 Å². The number of imidazole rings is 1. The number of likely N-dealkylation sites (tertiary alicyclic amines) is 1. The molecule has 2 aliphatic heterocycles. The number of aromatic nitrogens is 3. The van der Waals surface area contributed by atoms with Crippen LogP contribution in [0.1, 0.15) is 53.3 Å². The minimum atomic E-state index is -0.419. The van der Waals surface area contributed by atoms with E-state index in [1.54, 1.807) is 12.3 Å². The Kier molecular flexibility index (Phi) is 4.23. The second-order valence-corrected chi connectivity index (χ2v) is 9.21. The molecular weight excluding hydrogens is 396 g/mol. The molecule has 0 spiro atoms. The molecule has 8 nitrogen and oxygen atoms in total. The Balaban J connectivity index is 1.47. The number of hydrogen-bond acceptors (Lipinski definition) is 5. The molecule has 0 radical (unpaired) electrons. The third-order valence-corrected chi connectivity index (χ3v) is 7.47. The van der Waals surface area contributed by atoms with Gasteiger partial charge in [0.05, 0.1) is 29.4 Å². The van der Waals surface area contributed by atoms with Gasteiger partial charge in [0.1, 0.15) is 11.3 Å². The second-order valence-electron chi connectivity index (χ2n) is 9.21. The highest BCUT2D eigenvalue weighted by atomic mass is 16.5. The van der Waals surface area contributed by atoms with E-state index in [1.807, 2.05) is 22.3 Å². The molecule has 3 aromatic rings. The number of benzene rings is 1. The first-order valence-electron chi connectivity index (χ1n) is 11.1. The van der Waals surface area contributed by atoms with Crippen LogP contribution in [0, 0.1) is 12.8 Å². The predicted octanol–water partition coefficient (Wildman–Crippen LogP) is 1.97. The fourth-order valence-electron chi connectivity index (χ4n) is 5.77. The van der Waals surface area contributed by atoms with Crippen molar-refractivity contribution in [1.82, 2.24) is 19.3 Å². The summed E-state index contributed by atoms with van der Waals surface area (Å²) in [6.45, 7) is 3.93. The number of ether oxygens (including phenoxy) is 1. The van der Waals surface area contributed by atoms with Gasteiger partial charge in [-0.15, -0.1) is 0 Å². The zero-order valence-electron chi connectivity index (χ0n) is 17.5. The topological polar surface area (TPSA) is 99.9 Å². The minimum absolute atomic E-state index is 0.0677. The first-order chi connectivity index (χ1) is 15.0. The van der Waals surface area contributed by atoms with E-state index in [0.717, 1.165) is 42.6 Å². The molecule has 2 N–H and O–H groups in total. The van der Waals surface area contributed by atoms with Crippen molar-refractivity contribution >= 4 is 22.5 Å². The van der Waals surface area contributed by atoms with E-state index in [-0.39, 0.29) is 29.3 Å². The van der Waals surface area contributed by atoms with Crippen LogP contribution in [0.25, 0.3) is 16.6 Å². The highest BCUT2D eigenvalue weighted by Crippen LogP contribution is 2.39. The zero-order chi connectivity index (χ0) is 21.3. The summed E-state index contributed by atoms with van der Waals surface area (Å²) in [6, 6.07) is 3.67. The minimum Gasteiger partial charge on any atom is -0.391 e. The number of aliphatic hydroxyl groups is 1. The van der Waals surface area contributed by atoms with Crippen molar-refractivity contribution in [2.75, 3.05) is 19.8 Å². The zero-order valence-corrected chi connectivity index (χ0v) is 17.5. The number of aliphatic hydroxyl groups excluding tert-OH is 1. The Hall–Kier alpha value is -2.71. The molecular formula is C23H26N4O4. The van der Waals surface area contributed by atoms with Gasteiger partial charge >= 0.3 is 0 Å². The van der Waals surface area contributed by atoms with Gasteiger partial charge in [0.25, 0.3) is 11.5 Å². The summed E-state index contributed by atoms with van der Waals surface area (Å²) >= 11 is 0. The Bertz CT molecular complexity index is 1260. The summed E-state index contributed by atoms with van der Waals surface area (Å²) in [4.78, 5) is 35.5. The van der Waals surface area contributed by atoms with Gasteiger partial charge in [0, 0.05) is 37.2 Å². The van der Waals surface area contributed by atoms with Crippen LogP contribution < -0.4 is 5.56 Å². The highest BCUT2D eigenvalue weighted by molar-refractivity contribution is 5.99. The van der Waals surface area contributed by atoms with Crippen LogP contribution in [-0.4, -0.2) is 62.2 Å². The molecule has 162 valence electrons. The van der Waals surface area contributed by atoms with Gasteiger partial charge in [-0.05, 0) is 50.3 Å². The monoisotopic (exact) mass is 422 g/mol. The first kappa shape index (κ1) is 19.0. The summed E-state index contributed by atoms with van der Waals surface area (Å²) < 4.78 is 7.45. The Morgan fingerprint density at radius 3 is 2.71 bits per heavy atom.